The van der Waals surface area contributed by atoms with Crippen LogP contribution in [0.2, 0.25) is 0 Å². The minimum absolute atomic E-state index is 0.0108. The number of piperidine rings is 1. The average Bonchev–Trinajstić information content (AvgIpc) is 3.14. The van der Waals surface area contributed by atoms with E-state index in [0.29, 0.717) is 25.1 Å². The van der Waals surface area contributed by atoms with Gasteiger partial charge in [-0.1, -0.05) is 0 Å². The summed E-state index contributed by atoms with van der Waals surface area (Å²) in [7, 11) is 1.34. The van der Waals surface area contributed by atoms with E-state index in [0.717, 1.165) is 12.8 Å². The zero-order valence-electron chi connectivity index (χ0n) is 15.2. The average molecular weight is 370 g/mol. The maximum Gasteiger partial charge on any atom is 0.411 e. The Bertz CT molecular complexity index is 590. The predicted octanol–water partition coefficient (Wildman–Crippen LogP) is 1.99. The number of hydrogen-bond donors (Lipinski definition) is 0. The summed E-state index contributed by atoms with van der Waals surface area (Å²) < 4.78 is 10.4. The van der Waals surface area contributed by atoms with Gasteiger partial charge in [0.15, 0.2) is 0 Å². The van der Waals surface area contributed by atoms with Crippen molar-refractivity contribution in [2.45, 2.75) is 69.0 Å². The summed E-state index contributed by atoms with van der Waals surface area (Å²) in [6.45, 7) is 5.96. The van der Waals surface area contributed by atoms with Crippen LogP contribution >= 0.6 is 11.8 Å². The molecule has 0 aromatic rings. The SMILES string of the molecule is COC(=O)[C@H]1CS[C@@H]2CC[C@]3(CCCN3C(=O)OC(C)(C)C)C(=O)N12. The van der Waals surface area contributed by atoms with Gasteiger partial charge in [0.1, 0.15) is 17.2 Å². The molecule has 0 N–H and O–H groups in total. The van der Waals surface area contributed by atoms with Gasteiger partial charge in [-0.2, -0.15) is 0 Å². The van der Waals surface area contributed by atoms with E-state index in [2.05, 4.69) is 0 Å². The van der Waals surface area contributed by atoms with E-state index in [1.807, 2.05) is 20.8 Å². The first-order valence-corrected chi connectivity index (χ1v) is 9.77. The van der Waals surface area contributed by atoms with Crippen LogP contribution in [0.5, 0.6) is 0 Å². The summed E-state index contributed by atoms with van der Waals surface area (Å²) in [6.07, 6.45) is 2.32. The van der Waals surface area contributed by atoms with E-state index in [-0.39, 0.29) is 17.3 Å². The lowest BCUT2D eigenvalue weighted by molar-refractivity contribution is -0.159. The van der Waals surface area contributed by atoms with E-state index in [1.165, 1.54) is 7.11 Å². The number of esters is 1. The Morgan fingerprint density at radius 1 is 1.28 bits per heavy atom. The topological polar surface area (TPSA) is 76.1 Å². The number of likely N-dealkylation sites (tertiary alicyclic amines) is 1. The first-order valence-electron chi connectivity index (χ1n) is 8.72. The van der Waals surface area contributed by atoms with Crippen LogP contribution in [0.1, 0.15) is 46.5 Å². The predicted molar refractivity (Wildman–Crippen MR) is 93.0 cm³/mol. The molecule has 7 nitrogen and oxygen atoms in total. The summed E-state index contributed by atoms with van der Waals surface area (Å²) in [5.74, 6) is 0.0284. The lowest BCUT2D eigenvalue weighted by Crippen LogP contribution is -2.65. The number of nitrogens with zero attached hydrogens (tertiary/aromatic N) is 2. The number of rotatable bonds is 1. The fourth-order valence-electron chi connectivity index (χ4n) is 4.03. The quantitative estimate of drug-likeness (QED) is 0.657. The number of carbonyl (C=O) groups excluding carboxylic acids is 3. The highest BCUT2D eigenvalue weighted by atomic mass is 32.2. The number of thioether (sulfide) groups is 1. The van der Waals surface area contributed by atoms with Gasteiger partial charge < -0.3 is 14.4 Å². The second-order valence-electron chi connectivity index (χ2n) is 7.85. The van der Waals surface area contributed by atoms with Crippen LogP contribution < -0.4 is 0 Å². The molecular formula is C17H26N2O5S. The normalized spacial score (nSPS) is 32.1. The molecule has 25 heavy (non-hydrogen) atoms. The maximum atomic E-state index is 13.4. The number of methoxy groups -OCH3 is 1. The van der Waals surface area contributed by atoms with E-state index < -0.39 is 23.3 Å². The Morgan fingerprint density at radius 2 is 2.00 bits per heavy atom. The number of fused-ring (bicyclic) bond motifs is 1. The summed E-state index contributed by atoms with van der Waals surface area (Å²) >= 11 is 1.61. The van der Waals surface area contributed by atoms with Crippen LogP contribution in [0, 0.1) is 0 Å². The van der Waals surface area contributed by atoms with Gasteiger partial charge in [-0.15, -0.1) is 11.8 Å². The van der Waals surface area contributed by atoms with Crippen molar-refractivity contribution < 1.29 is 23.9 Å². The Labute approximate surface area is 152 Å². The molecule has 0 aromatic heterocycles. The standard InChI is InChI=1S/C17H26N2O5S/c1-16(2,3)24-15(22)18-9-5-7-17(18)8-6-12-19(14(17)21)11(10-25-12)13(20)23-4/h11-12H,5-10H2,1-4H3/t11-,12-,17-/m1/s1. The summed E-state index contributed by atoms with van der Waals surface area (Å²) in [4.78, 5) is 41.4. The molecule has 3 aliphatic heterocycles. The zero-order chi connectivity index (χ0) is 18.4. The highest BCUT2D eigenvalue weighted by Gasteiger charge is 2.59. The second-order valence-corrected chi connectivity index (χ2v) is 9.06. The van der Waals surface area contributed by atoms with Gasteiger partial charge in [0.05, 0.1) is 12.5 Å². The Balaban J connectivity index is 1.86. The third-order valence-electron chi connectivity index (χ3n) is 5.11. The van der Waals surface area contributed by atoms with Gasteiger partial charge in [0.2, 0.25) is 5.91 Å². The Kier molecular flexibility index (Phi) is 4.68. The van der Waals surface area contributed by atoms with Crippen molar-refractivity contribution in [2.75, 3.05) is 19.4 Å². The molecular weight excluding hydrogens is 344 g/mol. The van der Waals surface area contributed by atoms with Crippen LogP contribution in [-0.2, 0) is 19.1 Å². The number of ether oxygens (including phenoxy) is 2. The number of hydrogen-bond acceptors (Lipinski definition) is 6. The Morgan fingerprint density at radius 3 is 2.64 bits per heavy atom. The molecule has 0 bridgehead atoms. The fourth-order valence-corrected chi connectivity index (χ4v) is 5.42. The smallest absolute Gasteiger partial charge is 0.411 e. The van der Waals surface area contributed by atoms with Crippen LogP contribution in [0.3, 0.4) is 0 Å². The van der Waals surface area contributed by atoms with Crippen molar-refractivity contribution in [1.82, 2.24) is 9.80 Å². The minimum atomic E-state index is -0.879. The third kappa shape index (κ3) is 3.09. The molecule has 3 fully saturated rings. The summed E-state index contributed by atoms with van der Waals surface area (Å²) in [5, 5.41) is -0.0108. The first kappa shape index (κ1) is 18.4. The second kappa shape index (κ2) is 6.37. The molecule has 0 aliphatic carbocycles. The molecule has 140 valence electrons. The maximum absolute atomic E-state index is 13.4. The molecule has 0 saturated carbocycles. The largest absolute Gasteiger partial charge is 0.467 e. The van der Waals surface area contributed by atoms with Gasteiger partial charge in [-0.25, -0.2) is 9.59 Å². The van der Waals surface area contributed by atoms with Crippen LogP contribution in [0.25, 0.3) is 0 Å². The molecule has 3 atom stereocenters. The highest BCUT2D eigenvalue weighted by molar-refractivity contribution is 8.00. The lowest BCUT2D eigenvalue weighted by atomic mass is 9.84. The molecule has 3 saturated heterocycles. The molecule has 3 heterocycles. The van der Waals surface area contributed by atoms with Gasteiger partial charge in [-0.3, -0.25) is 9.69 Å². The number of carbonyl (C=O) groups is 3. The molecule has 1 spiro atoms. The van der Waals surface area contributed by atoms with Crippen molar-refractivity contribution >= 4 is 29.7 Å². The van der Waals surface area contributed by atoms with Gasteiger partial charge in [0, 0.05) is 12.3 Å². The molecule has 3 rings (SSSR count). The van der Waals surface area contributed by atoms with E-state index in [1.54, 1.807) is 21.6 Å². The summed E-state index contributed by atoms with van der Waals surface area (Å²) in [6, 6.07) is -0.564. The van der Waals surface area contributed by atoms with Gasteiger partial charge >= 0.3 is 12.1 Å². The molecule has 0 unspecified atom stereocenters. The van der Waals surface area contributed by atoms with E-state index in [4.69, 9.17) is 9.47 Å². The van der Waals surface area contributed by atoms with Crippen LogP contribution in [0.15, 0.2) is 0 Å². The minimum Gasteiger partial charge on any atom is -0.467 e. The van der Waals surface area contributed by atoms with Crippen molar-refractivity contribution in [3.63, 3.8) is 0 Å². The molecule has 8 heteroatoms. The first-order chi connectivity index (χ1) is 11.7. The molecule has 0 radical (unpaired) electrons. The molecule has 0 aromatic carbocycles. The van der Waals surface area contributed by atoms with Crippen molar-refractivity contribution in [2.24, 2.45) is 0 Å². The van der Waals surface area contributed by atoms with Crippen molar-refractivity contribution in [1.29, 1.82) is 0 Å². The Hall–Kier alpha value is -1.44. The summed E-state index contributed by atoms with van der Waals surface area (Å²) in [5.41, 5.74) is -1.49. The van der Waals surface area contributed by atoms with Crippen LogP contribution in [-0.4, -0.2) is 69.7 Å². The van der Waals surface area contributed by atoms with E-state index in [9.17, 15) is 14.4 Å². The van der Waals surface area contributed by atoms with E-state index >= 15 is 0 Å². The zero-order valence-corrected chi connectivity index (χ0v) is 16.1. The number of amides is 2. The van der Waals surface area contributed by atoms with Gasteiger partial charge in [0.25, 0.3) is 0 Å². The van der Waals surface area contributed by atoms with Crippen molar-refractivity contribution in [3.05, 3.63) is 0 Å². The lowest BCUT2D eigenvalue weighted by Gasteiger charge is -2.46. The molecule has 2 amide bonds. The highest BCUT2D eigenvalue weighted by Crippen LogP contribution is 2.46. The fraction of sp³-hybridized carbons (Fsp3) is 0.824. The van der Waals surface area contributed by atoms with Gasteiger partial charge in [-0.05, 0) is 46.5 Å². The van der Waals surface area contributed by atoms with Crippen molar-refractivity contribution in [3.8, 4) is 0 Å². The third-order valence-corrected chi connectivity index (χ3v) is 6.46. The monoisotopic (exact) mass is 370 g/mol. The van der Waals surface area contributed by atoms with Crippen LogP contribution in [0.4, 0.5) is 4.79 Å². The molecule has 3 aliphatic rings.